The summed E-state index contributed by atoms with van der Waals surface area (Å²) in [4.78, 5) is 23.9. The number of rotatable bonds is 6. The molecule has 5 nitrogen and oxygen atoms in total. The molecule has 0 radical (unpaired) electrons. The first-order valence-corrected chi connectivity index (χ1v) is 8.34. The number of para-hydroxylation sites is 1. The lowest BCUT2D eigenvalue weighted by molar-refractivity contribution is -0.122. The van der Waals surface area contributed by atoms with Crippen molar-refractivity contribution in [3.8, 4) is 5.75 Å². The van der Waals surface area contributed by atoms with Crippen LogP contribution in [0.1, 0.15) is 31.4 Å². The highest BCUT2D eigenvalue weighted by molar-refractivity contribution is 5.96. The van der Waals surface area contributed by atoms with Crippen LogP contribution in [0.5, 0.6) is 5.75 Å². The zero-order chi connectivity index (χ0) is 18.4. The Morgan fingerprint density at radius 2 is 1.56 bits per heavy atom. The summed E-state index contributed by atoms with van der Waals surface area (Å²) in [5, 5.41) is 5.59. The molecule has 2 rings (SSSR count). The van der Waals surface area contributed by atoms with E-state index in [2.05, 4.69) is 10.6 Å². The van der Waals surface area contributed by atoms with Crippen molar-refractivity contribution in [3.05, 3.63) is 53.6 Å². The second-order valence-electron chi connectivity index (χ2n) is 5.95. The average Bonchev–Trinajstić information content (AvgIpc) is 2.58. The molecule has 2 amide bonds. The molecule has 0 aliphatic heterocycles. The minimum absolute atomic E-state index is 0.0739. The average molecular weight is 340 g/mol. The van der Waals surface area contributed by atoms with Crippen LogP contribution in [0.3, 0.4) is 0 Å². The van der Waals surface area contributed by atoms with Gasteiger partial charge in [-0.3, -0.25) is 9.59 Å². The molecular weight excluding hydrogens is 316 g/mol. The molecule has 0 saturated carbocycles. The van der Waals surface area contributed by atoms with Crippen molar-refractivity contribution in [2.75, 3.05) is 10.6 Å². The van der Waals surface area contributed by atoms with Gasteiger partial charge in [0.25, 0.3) is 5.91 Å². The zero-order valence-electron chi connectivity index (χ0n) is 15.1. The summed E-state index contributed by atoms with van der Waals surface area (Å²) >= 11 is 0. The van der Waals surface area contributed by atoms with Crippen molar-refractivity contribution in [2.24, 2.45) is 0 Å². The van der Waals surface area contributed by atoms with E-state index in [1.807, 2.05) is 32.0 Å². The van der Waals surface area contributed by atoms with E-state index in [9.17, 15) is 9.59 Å². The van der Waals surface area contributed by atoms with Gasteiger partial charge in [-0.05, 0) is 50.1 Å². The molecule has 25 heavy (non-hydrogen) atoms. The lowest BCUT2D eigenvalue weighted by Crippen LogP contribution is -2.30. The van der Waals surface area contributed by atoms with E-state index in [0.29, 0.717) is 17.8 Å². The zero-order valence-corrected chi connectivity index (χ0v) is 15.1. The van der Waals surface area contributed by atoms with Crippen LogP contribution >= 0.6 is 0 Å². The quantitative estimate of drug-likeness (QED) is 0.833. The number of nitrogens with one attached hydrogen (secondary N) is 2. The van der Waals surface area contributed by atoms with Crippen molar-refractivity contribution in [1.82, 2.24) is 0 Å². The van der Waals surface area contributed by atoms with Crippen LogP contribution in [-0.2, 0) is 9.59 Å². The minimum Gasteiger partial charge on any atom is -0.480 e. The lowest BCUT2D eigenvalue weighted by atomic mass is 10.1. The summed E-state index contributed by atoms with van der Waals surface area (Å²) in [6.45, 7) is 7.40. The standard InChI is InChI=1S/C20H24N2O3/c1-5-18(23)21-16-10-7-11-17(12-16)22-20(24)15(4)25-19-13(2)8-6-9-14(19)3/h6-12,15H,5H2,1-4H3,(H,21,23)(H,22,24). The summed E-state index contributed by atoms with van der Waals surface area (Å²) in [5.41, 5.74) is 3.23. The Kier molecular flexibility index (Phi) is 6.17. The fourth-order valence-corrected chi connectivity index (χ4v) is 2.38. The van der Waals surface area contributed by atoms with Crippen molar-refractivity contribution in [1.29, 1.82) is 0 Å². The number of aryl methyl sites for hydroxylation is 2. The number of hydrogen-bond donors (Lipinski definition) is 2. The molecule has 0 heterocycles. The Morgan fingerprint density at radius 1 is 1.00 bits per heavy atom. The Hall–Kier alpha value is -2.82. The molecule has 0 spiro atoms. The smallest absolute Gasteiger partial charge is 0.265 e. The van der Waals surface area contributed by atoms with Gasteiger partial charge in [-0.25, -0.2) is 0 Å². The van der Waals surface area contributed by atoms with Gasteiger partial charge in [0.1, 0.15) is 5.75 Å². The third-order valence-electron chi connectivity index (χ3n) is 3.81. The molecule has 2 aromatic carbocycles. The monoisotopic (exact) mass is 340 g/mol. The fraction of sp³-hybridized carbons (Fsp3) is 0.300. The first kappa shape index (κ1) is 18.5. The number of ether oxygens (including phenoxy) is 1. The van der Waals surface area contributed by atoms with Gasteiger partial charge in [0, 0.05) is 17.8 Å². The van der Waals surface area contributed by atoms with E-state index in [-0.39, 0.29) is 11.8 Å². The number of amides is 2. The molecule has 0 saturated heterocycles. The second kappa shape index (κ2) is 8.33. The van der Waals surface area contributed by atoms with Crippen molar-refractivity contribution in [3.63, 3.8) is 0 Å². The molecule has 0 aliphatic rings. The molecule has 2 N–H and O–H groups in total. The van der Waals surface area contributed by atoms with E-state index >= 15 is 0 Å². The van der Waals surface area contributed by atoms with Crippen molar-refractivity contribution < 1.29 is 14.3 Å². The first-order valence-electron chi connectivity index (χ1n) is 8.34. The van der Waals surface area contributed by atoms with E-state index in [0.717, 1.165) is 16.9 Å². The van der Waals surface area contributed by atoms with Crippen LogP contribution in [0.2, 0.25) is 0 Å². The molecule has 0 aliphatic carbocycles. The highest BCUT2D eigenvalue weighted by Crippen LogP contribution is 2.24. The highest BCUT2D eigenvalue weighted by atomic mass is 16.5. The predicted molar refractivity (Wildman–Crippen MR) is 100.0 cm³/mol. The summed E-state index contributed by atoms with van der Waals surface area (Å²) in [5.74, 6) is 0.408. The molecule has 2 aromatic rings. The second-order valence-corrected chi connectivity index (χ2v) is 5.95. The Morgan fingerprint density at radius 3 is 2.16 bits per heavy atom. The minimum atomic E-state index is -0.645. The number of benzene rings is 2. The van der Waals surface area contributed by atoms with Gasteiger partial charge in [0.2, 0.25) is 5.91 Å². The maximum Gasteiger partial charge on any atom is 0.265 e. The van der Waals surface area contributed by atoms with Gasteiger partial charge in [-0.1, -0.05) is 31.2 Å². The molecule has 0 aromatic heterocycles. The van der Waals surface area contributed by atoms with Crippen LogP contribution in [-0.4, -0.2) is 17.9 Å². The van der Waals surface area contributed by atoms with Crippen molar-refractivity contribution >= 4 is 23.2 Å². The molecule has 1 unspecified atom stereocenters. The summed E-state index contributed by atoms with van der Waals surface area (Å²) in [7, 11) is 0. The topological polar surface area (TPSA) is 67.4 Å². The van der Waals surface area contributed by atoms with Gasteiger partial charge in [0.15, 0.2) is 6.10 Å². The van der Waals surface area contributed by atoms with E-state index in [1.54, 1.807) is 38.1 Å². The van der Waals surface area contributed by atoms with E-state index in [4.69, 9.17) is 4.74 Å². The van der Waals surface area contributed by atoms with Gasteiger partial charge >= 0.3 is 0 Å². The maximum absolute atomic E-state index is 12.4. The van der Waals surface area contributed by atoms with Crippen LogP contribution in [0.25, 0.3) is 0 Å². The van der Waals surface area contributed by atoms with E-state index < -0.39 is 6.10 Å². The number of hydrogen-bond acceptors (Lipinski definition) is 3. The molecular formula is C20H24N2O3. The molecule has 5 heteroatoms. The number of carbonyl (C=O) groups is 2. The molecule has 0 bridgehead atoms. The Labute approximate surface area is 148 Å². The van der Waals surface area contributed by atoms with Gasteiger partial charge in [-0.15, -0.1) is 0 Å². The van der Waals surface area contributed by atoms with Crippen molar-refractivity contribution in [2.45, 2.75) is 40.2 Å². The van der Waals surface area contributed by atoms with Gasteiger partial charge < -0.3 is 15.4 Å². The third kappa shape index (κ3) is 5.08. The molecule has 0 fully saturated rings. The Bertz CT molecular complexity index is 751. The van der Waals surface area contributed by atoms with E-state index in [1.165, 1.54) is 0 Å². The number of carbonyl (C=O) groups excluding carboxylic acids is 2. The fourth-order valence-electron chi connectivity index (χ4n) is 2.38. The third-order valence-corrected chi connectivity index (χ3v) is 3.81. The maximum atomic E-state index is 12.4. The van der Waals surface area contributed by atoms with Gasteiger partial charge in [-0.2, -0.15) is 0 Å². The molecule has 132 valence electrons. The summed E-state index contributed by atoms with van der Waals surface area (Å²) in [6, 6.07) is 12.9. The highest BCUT2D eigenvalue weighted by Gasteiger charge is 2.17. The first-order chi connectivity index (χ1) is 11.9. The summed E-state index contributed by atoms with van der Waals surface area (Å²) in [6.07, 6.45) is -0.245. The van der Waals surface area contributed by atoms with Gasteiger partial charge in [0.05, 0.1) is 0 Å². The van der Waals surface area contributed by atoms with Crippen LogP contribution in [0.4, 0.5) is 11.4 Å². The SMILES string of the molecule is CCC(=O)Nc1cccc(NC(=O)C(C)Oc2c(C)cccc2C)c1. The van der Waals surface area contributed by atoms with Crippen LogP contribution in [0, 0.1) is 13.8 Å². The predicted octanol–water partition coefficient (Wildman–Crippen LogP) is 4.06. The summed E-state index contributed by atoms with van der Waals surface area (Å²) < 4.78 is 5.84. The lowest BCUT2D eigenvalue weighted by Gasteiger charge is -2.18. The number of anilines is 2. The molecule has 1 atom stereocenters. The normalized spacial score (nSPS) is 11.5. The Balaban J connectivity index is 2.04. The van der Waals surface area contributed by atoms with Crippen LogP contribution in [0.15, 0.2) is 42.5 Å². The largest absolute Gasteiger partial charge is 0.480 e. The van der Waals surface area contributed by atoms with Crippen LogP contribution < -0.4 is 15.4 Å².